The zero-order valence-electron chi connectivity index (χ0n) is 18.1. The normalized spacial score (nSPS) is 15.7. The Morgan fingerprint density at radius 3 is 2.40 bits per heavy atom. The van der Waals surface area contributed by atoms with E-state index in [4.69, 9.17) is 8.92 Å². The number of carbonyl (C=O) groups excluding carboxylic acids is 1. The lowest BCUT2D eigenvalue weighted by Gasteiger charge is -2.07. The lowest BCUT2D eigenvalue weighted by molar-refractivity contribution is -0.384. The number of thioether (sulfide) groups is 1. The topological polar surface area (TPSA) is 137 Å². The van der Waals surface area contributed by atoms with E-state index in [-0.39, 0.29) is 22.2 Å². The Balaban J connectivity index is 1.50. The van der Waals surface area contributed by atoms with Crippen LogP contribution < -0.4 is 14.2 Å². The van der Waals surface area contributed by atoms with Gasteiger partial charge in [-0.1, -0.05) is 12.1 Å². The van der Waals surface area contributed by atoms with Crippen molar-refractivity contribution < 1.29 is 27.1 Å². The number of amides is 1. The van der Waals surface area contributed by atoms with Gasteiger partial charge >= 0.3 is 10.1 Å². The average Bonchev–Trinajstić information content (AvgIpc) is 3.17. The lowest BCUT2D eigenvalue weighted by Crippen LogP contribution is -2.19. The molecule has 3 aromatic carbocycles. The van der Waals surface area contributed by atoms with Crippen LogP contribution in [-0.4, -0.2) is 31.5 Å². The average molecular weight is 512 g/mol. The van der Waals surface area contributed by atoms with Crippen LogP contribution in [0.1, 0.15) is 5.56 Å². The van der Waals surface area contributed by atoms with E-state index in [0.717, 1.165) is 36.0 Å². The van der Waals surface area contributed by atoms with E-state index in [1.807, 2.05) is 0 Å². The molecule has 0 radical (unpaired) electrons. The zero-order valence-corrected chi connectivity index (χ0v) is 19.7. The Kier molecular flexibility index (Phi) is 6.85. The van der Waals surface area contributed by atoms with Gasteiger partial charge in [-0.05, 0) is 71.9 Å². The third kappa shape index (κ3) is 5.86. The van der Waals surface area contributed by atoms with Crippen molar-refractivity contribution >= 4 is 50.4 Å². The highest BCUT2D eigenvalue weighted by Crippen LogP contribution is 2.30. The molecule has 10 nitrogen and oxygen atoms in total. The van der Waals surface area contributed by atoms with Crippen molar-refractivity contribution in [2.24, 2.45) is 4.99 Å². The number of nitro groups is 1. The van der Waals surface area contributed by atoms with Crippen LogP contribution in [-0.2, 0) is 14.9 Å². The van der Waals surface area contributed by atoms with E-state index in [2.05, 4.69) is 10.3 Å². The minimum absolute atomic E-state index is 0.0215. The predicted molar refractivity (Wildman–Crippen MR) is 131 cm³/mol. The molecule has 1 N–H and O–H groups in total. The van der Waals surface area contributed by atoms with Gasteiger partial charge in [-0.3, -0.25) is 14.9 Å². The third-order valence-electron chi connectivity index (χ3n) is 4.65. The summed E-state index contributed by atoms with van der Waals surface area (Å²) in [5, 5.41) is 13.9. The molecule has 3 aromatic rings. The maximum Gasteiger partial charge on any atom is 0.339 e. The largest absolute Gasteiger partial charge is 0.497 e. The fourth-order valence-electron chi connectivity index (χ4n) is 2.97. The molecular weight excluding hydrogens is 494 g/mol. The molecule has 0 unspecified atom stereocenters. The van der Waals surface area contributed by atoms with E-state index in [0.29, 0.717) is 27.1 Å². The molecule has 0 bridgehead atoms. The molecule has 12 heteroatoms. The van der Waals surface area contributed by atoms with E-state index in [1.54, 1.807) is 49.6 Å². The summed E-state index contributed by atoms with van der Waals surface area (Å²) in [6.07, 6.45) is 1.59. The van der Waals surface area contributed by atoms with Crippen molar-refractivity contribution in [2.75, 3.05) is 7.11 Å². The standard InChI is InChI=1S/C23H17N3O7S2/c1-32-18-9-5-16(6-10-18)24-23-25-22(27)21(34-23)14-15-3-2-4-19(13-15)33-35(30,31)20-11-7-17(8-12-20)26(28)29/h2-14H,1H3,(H,24,25,27)/b21-14-. The fraction of sp³-hybridized carbons (Fsp3) is 0.0435. The molecule has 1 aliphatic heterocycles. The number of nitrogens with zero attached hydrogens (tertiary/aromatic N) is 2. The molecule has 1 amide bonds. The molecule has 4 rings (SSSR count). The van der Waals surface area contributed by atoms with Crippen LogP contribution in [0.2, 0.25) is 0 Å². The number of non-ortho nitro benzene ring substituents is 1. The quantitative estimate of drug-likeness (QED) is 0.215. The number of hydrogen-bond donors (Lipinski definition) is 1. The number of methoxy groups -OCH3 is 1. The highest BCUT2D eigenvalue weighted by Gasteiger charge is 2.24. The van der Waals surface area contributed by atoms with Gasteiger partial charge in [0.2, 0.25) is 0 Å². The maximum absolute atomic E-state index is 12.5. The molecule has 0 aromatic heterocycles. The molecule has 1 fully saturated rings. The fourth-order valence-corrected chi connectivity index (χ4v) is 4.74. The number of benzene rings is 3. The number of nitro benzene ring substituents is 1. The number of aliphatic imine (C=N–C) groups is 1. The Bertz CT molecular complexity index is 1450. The minimum Gasteiger partial charge on any atom is -0.497 e. The highest BCUT2D eigenvalue weighted by atomic mass is 32.2. The number of carbonyl (C=O) groups is 1. The first-order valence-electron chi connectivity index (χ1n) is 9.96. The van der Waals surface area contributed by atoms with Crippen molar-refractivity contribution in [1.29, 1.82) is 0 Å². The van der Waals surface area contributed by atoms with Crippen LogP contribution in [0.25, 0.3) is 6.08 Å². The van der Waals surface area contributed by atoms with Crippen LogP contribution in [0.15, 0.2) is 87.6 Å². The van der Waals surface area contributed by atoms with Crippen LogP contribution in [0.5, 0.6) is 11.5 Å². The molecule has 1 saturated heterocycles. The van der Waals surface area contributed by atoms with Crippen molar-refractivity contribution in [3.63, 3.8) is 0 Å². The van der Waals surface area contributed by atoms with E-state index >= 15 is 0 Å². The number of nitrogens with one attached hydrogen (secondary N) is 1. The number of hydrogen-bond acceptors (Lipinski definition) is 9. The molecule has 0 spiro atoms. The van der Waals surface area contributed by atoms with Crippen molar-refractivity contribution in [2.45, 2.75) is 4.90 Å². The summed E-state index contributed by atoms with van der Waals surface area (Å²) >= 11 is 1.14. The number of amidine groups is 1. The van der Waals surface area contributed by atoms with Gasteiger partial charge in [0.15, 0.2) is 5.17 Å². The van der Waals surface area contributed by atoms with Crippen LogP contribution in [0, 0.1) is 10.1 Å². The Morgan fingerprint density at radius 2 is 1.74 bits per heavy atom. The molecule has 0 atom stereocenters. The first kappa shape index (κ1) is 24.0. The van der Waals surface area contributed by atoms with E-state index in [1.165, 1.54) is 12.1 Å². The second-order valence-corrected chi connectivity index (χ2v) is 9.62. The Hall–Kier alpha value is -4.16. The van der Waals surface area contributed by atoms with Gasteiger partial charge in [0.1, 0.15) is 16.4 Å². The molecule has 0 saturated carbocycles. The van der Waals surface area contributed by atoms with E-state index < -0.39 is 15.0 Å². The van der Waals surface area contributed by atoms with Crippen molar-refractivity contribution in [3.05, 3.63) is 93.4 Å². The van der Waals surface area contributed by atoms with Gasteiger partial charge in [0.05, 0.1) is 22.6 Å². The van der Waals surface area contributed by atoms with Gasteiger partial charge in [-0.15, -0.1) is 0 Å². The summed E-state index contributed by atoms with van der Waals surface area (Å²) in [5.74, 6) is 0.371. The summed E-state index contributed by atoms with van der Waals surface area (Å²) in [7, 11) is -2.65. The van der Waals surface area contributed by atoms with Gasteiger partial charge in [0, 0.05) is 12.1 Å². The minimum atomic E-state index is -4.21. The SMILES string of the molecule is COc1ccc(N=C2NC(=O)/C(=C/c3cccc(OS(=O)(=O)c4ccc([N+](=O)[O-])cc4)c3)S2)cc1. The van der Waals surface area contributed by atoms with Gasteiger partial charge < -0.3 is 14.2 Å². The third-order valence-corrected chi connectivity index (χ3v) is 6.82. The second kappa shape index (κ2) is 9.99. The second-order valence-electron chi connectivity index (χ2n) is 7.04. The summed E-state index contributed by atoms with van der Waals surface area (Å²) in [6.45, 7) is 0. The number of ether oxygens (including phenoxy) is 1. The zero-order chi connectivity index (χ0) is 25.0. The van der Waals surface area contributed by atoms with Gasteiger partial charge in [-0.25, -0.2) is 4.99 Å². The van der Waals surface area contributed by atoms with Crippen LogP contribution in [0.3, 0.4) is 0 Å². The molecular formula is C23H17N3O7S2. The Labute approximate surface area is 204 Å². The molecule has 1 heterocycles. The van der Waals surface area contributed by atoms with Crippen molar-refractivity contribution in [1.82, 2.24) is 5.32 Å². The van der Waals surface area contributed by atoms with Crippen LogP contribution in [0.4, 0.5) is 11.4 Å². The number of rotatable bonds is 7. The lowest BCUT2D eigenvalue weighted by atomic mass is 10.2. The van der Waals surface area contributed by atoms with E-state index in [9.17, 15) is 23.3 Å². The highest BCUT2D eigenvalue weighted by molar-refractivity contribution is 8.18. The summed E-state index contributed by atoms with van der Waals surface area (Å²) < 4.78 is 35.4. The monoisotopic (exact) mass is 511 g/mol. The Morgan fingerprint density at radius 1 is 1.03 bits per heavy atom. The summed E-state index contributed by atoms with van der Waals surface area (Å²) in [6, 6.07) is 17.6. The first-order chi connectivity index (χ1) is 16.7. The molecule has 35 heavy (non-hydrogen) atoms. The smallest absolute Gasteiger partial charge is 0.339 e. The van der Waals surface area contributed by atoms with Crippen molar-refractivity contribution in [3.8, 4) is 11.5 Å². The summed E-state index contributed by atoms with van der Waals surface area (Å²) in [4.78, 5) is 27.1. The summed E-state index contributed by atoms with van der Waals surface area (Å²) in [5.41, 5.74) is 0.936. The predicted octanol–water partition coefficient (Wildman–Crippen LogP) is 4.26. The molecule has 0 aliphatic carbocycles. The molecule has 1 aliphatic rings. The first-order valence-corrected chi connectivity index (χ1v) is 12.2. The maximum atomic E-state index is 12.5. The van der Waals surface area contributed by atoms with Crippen LogP contribution >= 0.6 is 11.8 Å². The molecule has 178 valence electrons. The van der Waals surface area contributed by atoms with Gasteiger partial charge in [0.25, 0.3) is 11.6 Å². The van der Waals surface area contributed by atoms with Gasteiger partial charge in [-0.2, -0.15) is 8.42 Å².